The molecule has 122 valence electrons. The molecule has 3 heteroatoms. The molecule has 1 nitrogen and oxygen atoms in total. The summed E-state index contributed by atoms with van der Waals surface area (Å²) in [5.74, 6) is 1.15. The smallest absolute Gasteiger partial charge is 0.0834 e. The lowest BCUT2D eigenvalue weighted by molar-refractivity contribution is 0.331. The fourth-order valence-corrected chi connectivity index (χ4v) is 4.71. The fraction of sp³-hybridized carbons (Fsp3) is 0.238. The molecule has 0 atom stereocenters. The molecule has 2 heterocycles. The predicted octanol–water partition coefficient (Wildman–Crippen LogP) is 6.61. The van der Waals surface area contributed by atoms with Gasteiger partial charge in [-0.05, 0) is 28.7 Å². The minimum Gasteiger partial charge on any atom is -0.341 e. The average molecular weight is 354 g/mol. The normalized spacial score (nSPS) is 16.0. The van der Waals surface area contributed by atoms with Gasteiger partial charge in [0.15, 0.2) is 0 Å². The van der Waals surface area contributed by atoms with Crippen LogP contribution >= 0.6 is 23.4 Å². The Balaban J connectivity index is 1.93. The highest BCUT2D eigenvalue weighted by Crippen LogP contribution is 2.46. The summed E-state index contributed by atoms with van der Waals surface area (Å²) in [5, 5.41) is 2.16. The van der Waals surface area contributed by atoms with E-state index in [1.807, 2.05) is 23.9 Å². The van der Waals surface area contributed by atoms with Crippen LogP contribution in [-0.2, 0) is 6.54 Å². The van der Waals surface area contributed by atoms with E-state index in [9.17, 15) is 0 Å². The molecule has 0 aliphatic carbocycles. The van der Waals surface area contributed by atoms with Crippen LogP contribution in [0.25, 0.3) is 22.3 Å². The second-order valence-electron chi connectivity index (χ2n) is 7.18. The minimum absolute atomic E-state index is 0.321. The van der Waals surface area contributed by atoms with E-state index in [1.54, 1.807) is 0 Å². The lowest BCUT2D eigenvalue weighted by Gasteiger charge is -2.31. The van der Waals surface area contributed by atoms with Gasteiger partial charge in [-0.2, -0.15) is 0 Å². The number of aromatic nitrogens is 1. The van der Waals surface area contributed by atoms with Crippen LogP contribution in [0.3, 0.4) is 0 Å². The van der Waals surface area contributed by atoms with Crippen molar-refractivity contribution in [1.29, 1.82) is 0 Å². The summed E-state index contributed by atoms with van der Waals surface area (Å²) in [4.78, 5) is 0. The van der Waals surface area contributed by atoms with Crippen molar-refractivity contribution in [2.45, 2.75) is 25.4 Å². The first-order valence-electron chi connectivity index (χ1n) is 8.21. The number of halogens is 1. The monoisotopic (exact) mass is 353 g/mol. The maximum atomic E-state index is 6.09. The Morgan fingerprint density at radius 2 is 1.67 bits per heavy atom. The van der Waals surface area contributed by atoms with Gasteiger partial charge in [-0.15, -0.1) is 11.8 Å². The third kappa shape index (κ3) is 2.89. The predicted molar refractivity (Wildman–Crippen MR) is 105 cm³/mol. The number of thioether (sulfide) groups is 1. The first kappa shape index (κ1) is 15.9. The molecule has 1 aliphatic heterocycles. The highest BCUT2D eigenvalue weighted by atomic mass is 35.5. The third-order valence-electron chi connectivity index (χ3n) is 4.44. The standard InChI is InChI=1S/C21H20ClNS/c1-21(2)13-23-12-18(15-8-10-17(22)11-9-15)19(20(23)24-14-21)16-6-4-3-5-7-16/h3-12H,13-14H2,1-2H3. The number of rotatable bonds is 2. The van der Waals surface area contributed by atoms with E-state index in [1.165, 1.54) is 27.3 Å². The van der Waals surface area contributed by atoms with Crippen LogP contribution in [0.15, 0.2) is 65.8 Å². The number of fused-ring (bicyclic) bond motifs is 1. The number of nitrogens with zero attached hydrogens (tertiary/aromatic N) is 1. The Kier molecular flexibility index (Phi) is 3.98. The molecule has 0 fully saturated rings. The lowest BCUT2D eigenvalue weighted by atomic mass is 9.96. The van der Waals surface area contributed by atoms with Gasteiger partial charge in [-0.25, -0.2) is 0 Å². The molecule has 0 bridgehead atoms. The van der Waals surface area contributed by atoms with Crippen molar-refractivity contribution in [3.8, 4) is 22.3 Å². The molecule has 1 aliphatic rings. The molecule has 2 aromatic carbocycles. The van der Waals surface area contributed by atoms with Gasteiger partial charge in [-0.3, -0.25) is 0 Å². The van der Waals surface area contributed by atoms with E-state index in [4.69, 9.17) is 11.6 Å². The van der Waals surface area contributed by atoms with Crippen molar-refractivity contribution in [2.75, 3.05) is 5.75 Å². The minimum atomic E-state index is 0.321. The number of benzene rings is 2. The highest BCUT2D eigenvalue weighted by molar-refractivity contribution is 7.99. The molecular weight excluding hydrogens is 334 g/mol. The molecule has 0 radical (unpaired) electrons. The van der Waals surface area contributed by atoms with Gasteiger partial charge in [0, 0.05) is 34.6 Å². The summed E-state index contributed by atoms with van der Waals surface area (Å²) in [6.07, 6.45) is 2.31. The second kappa shape index (κ2) is 6.02. The van der Waals surface area contributed by atoms with Crippen molar-refractivity contribution in [3.63, 3.8) is 0 Å². The zero-order valence-corrected chi connectivity index (χ0v) is 15.5. The average Bonchev–Trinajstić information content (AvgIpc) is 2.93. The van der Waals surface area contributed by atoms with Crippen LogP contribution in [-0.4, -0.2) is 10.3 Å². The number of hydrogen-bond acceptors (Lipinski definition) is 1. The molecule has 3 aromatic rings. The summed E-state index contributed by atoms with van der Waals surface area (Å²) in [7, 11) is 0. The summed E-state index contributed by atoms with van der Waals surface area (Å²) in [6, 6.07) is 18.9. The second-order valence-corrected chi connectivity index (χ2v) is 8.58. The molecule has 0 saturated carbocycles. The zero-order valence-electron chi connectivity index (χ0n) is 13.9. The zero-order chi connectivity index (χ0) is 16.7. The Morgan fingerprint density at radius 1 is 0.958 bits per heavy atom. The Labute approximate surface area is 152 Å². The Bertz CT molecular complexity index is 863. The van der Waals surface area contributed by atoms with Crippen molar-refractivity contribution < 1.29 is 0 Å². The first-order chi connectivity index (χ1) is 11.5. The van der Waals surface area contributed by atoms with E-state index in [2.05, 4.69) is 67.1 Å². The summed E-state index contributed by atoms with van der Waals surface area (Å²) in [5.41, 5.74) is 5.46. The summed E-state index contributed by atoms with van der Waals surface area (Å²) >= 11 is 8.06. The molecule has 1 aromatic heterocycles. The molecule has 0 N–H and O–H groups in total. The highest BCUT2D eigenvalue weighted by Gasteiger charge is 2.29. The van der Waals surface area contributed by atoms with E-state index in [0.29, 0.717) is 5.41 Å². The third-order valence-corrected chi connectivity index (χ3v) is 6.33. The maximum Gasteiger partial charge on any atom is 0.0834 e. The lowest BCUT2D eigenvalue weighted by Crippen LogP contribution is -2.26. The molecule has 24 heavy (non-hydrogen) atoms. The van der Waals surface area contributed by atoms with Crippen LogP contribution in [0.1, 0.15) is 13.8 Å². The first-order valence-corrected chi connectivity index (χ1v) is 9.57. The van der Waals surface area contributed by atoms with E-state index in [-0.39, 0.29) is 0 Å². The van der Waals surface area contributed by atoms with E-state index >= 15 is 0 Å². The van der Waals surface area contributed by atoms with Gasteiger partial charge >= 0.3 is 0 Å². The topological polar surface area (TPSA) is 4.93 Å². The quantitative estimate of drug-likeness (QED) is 0.502. The van der Waals surface area contributed by atoms with Gasteiger partial charge in [0.25, 0.3) is 0 Å². The van der Waals surface area contributed by atoms with Gasteiger partial charge in [0.05, 0.1) is 5.03 Å². The van der Waals surface area contributed by atoms with E-state index in [0.717, 1.165) is 17.3 Å². The van der Waals surface area contributed by atoms with Gasteiger partial charge in [0.1, 0.15) is 0 Å². The Morgan fingerprint density at radius 3 is 2.38 bits per heavy atom. The largest absolute Gasteiger partial charge is 0.341 e. The van der Waals surface area contributed by atoms with Crippen LogP contribution in [0.4, 0.5) is 0 Å². The maximum absolute atomic E-state index is 6.09. The summed E-state index contributed by atoms with van der Waals surface area (Å²) < 4.78 is 2.43. The number of hydrogen-bond donors (Lipinski definition) is 0. The fourth-order valence-electron chi connectivity index (χ4n) is 3.31. The van der Waals surface area contributed by atoms with Crippen molar-refractivity contribution >= 4 is 23.4 Å². The SMILES string of the molecule is CC1(C)CSc2c(-c3ccccc3)c(-c3ccc(Cl)cc3)cn2C1. The molecule has 4 rings (SSSR count). The van der Waals surface area contributed by atoms with Crippen molar-refractivity contribution in [3.05, 3.63) is 65.8 Å². The van der Waals surface area contributed by atoms with Crippen molar-refractivity contribution in [2.24, 2.45) is 5.41 Å². The van der Waals surface area contributed by atoms with Gasteiger partial charge in [-0.1, -0.05) is 67.9 Å². The molecular formula is C21H20ClNS. The van der Waals surface area contributed by atoms with Crippen LogP contribution in [0, 0.1) is 5.41 Å². The van der Waals surface area contributed by atoms with Gasteiger partial charge in [0.2, 0.25) is 0 Å². The van der Waals surface area contributed by atoms with Crippen LogP contribution < -0.4 is 0 Å². The molecule has 0 unspecified atom stereocenters. The Hall–Kier alpha value is -1.64. The summed E-state index contributed by atoms with van der Waals surface area (Å²) in [6.45, 7) is 5.74. The molecule has 0 amide bonds. The van der Waals surface area contributed by atoms with Crippen LogP contribution in [0.2, 0.25) is 5.02 Å². The molecule has 0 saturated heterocycles. The van der Waals surface area contributed by atoms with Crippen molar-refractivity contribution in [1.82, 2.24) is 4.57 Å². The van der Waals surface area contributed by atoms with Gasteiger partial charge < -0.3 is 4.57 Å². The van der Waals surface area contributed by atoms with E-state index < -0.39 is 0 Å². The molecule has 0 spiro atoms. The van der Waals surface area contributed by atoms with Crippen LogP contribution in [0.5, 0.6) is 0 Å².